The number of hydrogen-bond acceptors (Lipinski definition) is 3. The summed E-state index contributed by atoms with van der Waals surface area (Å²) in [4.78, 5) is 14.6. The molecule has 1 aromatic carbocycles. The van der Waals surface area contributed by atoms with Crippen molar-refractivity contribution in [2.24, 2.45) is 5.16 Å². The summed E-state index contributed by atoms with van der Waals surface area (Å²) in [5, 5.41) is 3.39. The van der Waals surface area contributed by atoms with Crippen LogP contribution in [-0.4, -0.2) is 12.5 Å². The molecule has 0 heterocycles. The highest BCUT2D eigenvalue weighted by atomic mass is 16.6. The van der Waals surface area contributed by atoms with Crippen LogP contribution in [0.5, 0.6) is 0 Å². The van der Waals surface area contributed by atoms with Gasteiger partial charge in [-0.1, -0.05) is 35.5 Å². The molecule has 3 nitrogen and oxygen atoms in total. The first kappa shape index (κ1) is 8.46. The van der Waals surface area contributed by atoms with Crippen molar-refractivity contribution in [3.8, 4) is 0 Å². The van der Waals surface area contributed by atoms with Crippen LogP contribution in [0.3, 0.4) is 0 Å². The highest BCUT2D eigenvalue weighted by molar-refractivity contribution is 6.12. The lowest BCUT2D eigenvalue weighted by atomic mass is 10.2. The van der Waals surface area contributed by atoms with E-state index in [4.69, 9.17) is 4.84 Å². The van der Waals surface area contributed by atoms with Crippen LogP contribution in [0.1, 0.15) is 5.56 Å². The van der Waals surface area contributed by atoms with Crippen molar-refractivity contribution in [2.75, 3.05) is 0 Å². The number of carbonyl (C=O) groups excluding carboxylic acids is 1. The summed E-state index contributed by atoms with van der Waals surface area (Å²) in [6.07, 6.45) is 1.65. The third kappa shape index (κ3) is 2.96. The van der Waals surface area contributed by atoms with Crippen LogP contribution in [0.2, 0.25) is 0 Å². The molecule has 1 aromatic rings. The van der Waals surface area contributed by atoms with Gasteiger partial charge in [-0.05, 0) is 5.56 Å². The number of hydrogen-bond donors (Lipinski definition) is 0. The summed E-state index contributed by atoms with van der Waals surface area (Å²) in [6.45, 7) is 0.394. The monoisotopic (exact) mass is 163 g/mol. The summed E-state index contributed by atoms with van der Waals surface area (Å²) >= 11 is 0. The molecule has 0 spiro atoms. The smallest absolute Gasteiger partial charge is 0.164 e. The Hall–Kier alpha value is -1.64. The Morgan fingerprint density at radius 1 is 1.33 bits per heavy atom. The minimum Gasteiger partial charge on any atom is -0.391 e. The van der Waals surface area contributed by atoms with E-state index < -0.39 is 0 Å². The van der Waals surface area contributed by atoms with E-state index in [1.54, 1.807) is 0 Å². The van der Waals surface area contributed by atoms with Crippen molar-refractivity contribution >= 4 is 12.5 Å². The molecule has 0 aliphatic carbocycles. The van der Waals surface area contributed by atoms with Crippen LogP contribution in [0, 0.1) is 0 Å². The maximum absolute atomic E-state index is 9.79. The largest absolute Gasteiger partial charge is 0.391 e. The third-order valence-electron chi connectivity index (χ3n) is 1.27. The standard InChI is InChI=1S/C9H9NO2/c11-7-6-10-12-8-9-4-2-1-3-5-9/h1-7H,8H2/b10-6+. The Morgan fingerprint density at radius 3 is 2.75 bits per heavy atom. The molecule has 0 N–H and O–H groups in total. The molecule has 0 aliphatic heterocycles. The number of aldehydes is 1. The van der Waals surface area contributed by atoms with Gasteiger partial charge in [0.25, 0.3) is 0 Å². The fraction of sp³-hybridized carbons (Fsp3) is 0.111. The second-order valence-corrected chi connectivity index (χ2v) is 2.15. The zero-order valence-electron chi connectivity index (χ0n) is 6.51. The van der Waals surface area contributed by atoms with E-state index in [1.807, 2.05) is 30.3 Å². The number of benzene rings is 1. The normalized spacial score (nSPS) is 10.0. The predicted octanol–water partition coefficient (Wildman–Crippen LogP) is 1.39. The van der Waals surface area contributed by atoms with E-state index in [-0.39, 0.29) is 0 Å². The van der Waals surface area contributed by atoms with Crippen LogP contribution < -0.4 is 0 Å². The Kier molecular flexibility index (Phi) is 3.57. The molecule has 0 amide bonds. The quantitative estimate of drug-likeness (QED) is 0.382. The minimum atomic E-state index is 0.394. The van der Waals surface area contributed by atoms with Gasteiger partial charge in [0, 0.05) is 0 Å². The van der Waals surface area contributed by atoms with Crippen molar-refractivity contribution in [1.29, 1.82) is 0 Å². The van der Waals surface area contributed by atoms with Crippen molar-refractivity contribution in [3.05, 3.63) is 35.9 Å². The summed E-state index contributed by atoms with van der Waals surface area (Å²) in [6, 6.07) is 9.62. The fourth-order valence-electron chi connectivity index (χ4n) is 0.754. The second-order valence-electron chi connectivity index (χ2n) is 2.15. The molecule has 0 unspecified atom stereocenters. The van der Waals surface area contributed by atoms with Crippen molar-refractivity contribution in [2.45, 2.75) is 6.61 Å². The van der Waals surface area contributed by atoms with E-state index in [0.29, 0.717) is 12.9 Å². The van der Waals surface area contributed by atoms with Crippen molar-refractivity contribution in [1.82, 2.24) is 0 Å². The van der Waals surface area contributed by atoms with Gasteiger partial charge >= 0.3 is 0 Å². The molecule has 0 radical (unpaired) electrons. The van der Waals surface area contributed by atoms with E-state index in [2.05, 4.69) is 5.16 Å². The molecule has 0 saturated heterocycles. The van der Waals surface area contributed by atoms with Crippen molar-refractivity contribution < 1.29 is 9.63 Å². The Labute approximate surface area is 70.7 Å². The first-order valence-corrected chi connectivity index (χ1v) is 3.56. The number of oxime groups is 1. The molecule has 0 fully saturated rings. The van der Waals surface area contributed by atoms with Gasteiger partial charge in [0.05, 0.1) is 0 Å². The van der Waals surface area contributed by atoms with E-state index in [0.717, 1.165) is 11.8 Å². The zero-order chi connectivity index (χ0) is 8.65. The summed E-state index contributed by atoms with van der Waals surface area (Å²) in [7, 11) is 0. The molecule has 0 aliphatic rings. The highest BCUT2D eigenvalue weighted by Crippen LogP contribution is 1.99. The number of rotatable bonds is 4. The van der Waals surface area contributed by atoms with Gasteiger partial charge in [0.1, 0.15) is 12.8 Å². The number of nitrogens with zero attached hydrogens (tertiary/aromatic N) is 1. The molecule has 0 atom stereocenters. The van der Waals surface area contributed by atoms with Gasteiger partial charge in [-0.15, -0.1) is 0 Å². The Balaban J connectivity index is 2.33. The van der Waals surface area contributed by atoms with Crippen LogP contribution in [0.25, 0.3) is 0 Å². The predicted molar refractivity (Wildman–Crippen MR) is 45.8 cm³/mol. The fourth-order valence-corrected chi connectivity index (χ4v) is 0.754. The zero-order valence-corrected chi connectivity index (χ0v) is 6.51. The molecule has 3 heteroatoms. The van der Waals surface area contributed by atoms with Gasteiger partial charge < -0.3 is 4.84 Å². The van der Waals surface area contributed by atoms with Gasteiger partial charge in [-0.2, -0.15) is 0 Å². The van der Waals surface area contributed by atoms with E-state index in [1.165, 1.54) is 0 Å². The highest BCUT2D eigenvalue weighted by Gasteiger charge is 1.87. The lowest BCUT2D eigenvalue weighted by Crippen LogP contribution is -1.86. The first-order chi connectivity index (χ1) is 5.93. The molecule has 1 rings (SSSR count). The molecule has 0 saturated carbocycles. The minimum absolute atomic E-state index is 0.394. The maximum Gasteiger partial charge on any atom is 0.164 e. The van der Waals surface area contributed by atoms with Crippen LogP contribution in [-0.2, 0) is 16.2 Å². The number of carbonyl (C=O) groups is 1. The lowest BCUT2D eigenvalue weighted by Gasteiger charge is -1.96. The molecule has 12 heavy (non-hydrogen) atoms. The summed E-state index contributed by atoms with van der Waals surface area (Å²) in [5.41, 5.74) is 1.03. The topological polar surface area (TPSA) is 38.7 Å². The van der Waals surface area contributed by atoms with Crippen molar-refractivity contribution in [3.63, 3.8) is 0 Å². The lowest BCUT2D eigenvalue weighted by molar-refractivity contribution is -0.102. The van der Waals surface area contributed by atoms with Crippen LogP contribution >= 0.6 is 0 Å². The molecular weight excluding hydrogens is 154 g/mol. The second kappa shape index (κ2) is 5.07. The molecular formula is C9H9NO2. The SMILES string of the molecule is O=C/C=N/OCc1ccccc1. The average Bonchev–Trinajstić information content (AvgIpc) is 2.14. The summed E-state index contributed by atoms with van der Waals surface area (Å²) in [5.74, 6) is 0. The maximum atomic E-state index is 9.79. The summed E-state index contributed by atoms with van der Waals surface area (Å²) < 4.78 is 0. The first-order valence-electron chi connectivity index (χ1n) is 3.56. The third-order valence-corrected chi connectivity index (χ3v) is 1.27. The van der Waals surface area contributed by atoms with E-state index >= 15 is 0 Å². The van der Waals surface area contributed by atoms with Gasteiger partial charge in [0.2, 0.25) is 0 Å². The average molecular weight is 163 g/mol. The molecule has 62 valence electrons. The molecule has 0 aromatic heterocycles. The molecule has 0 bridgehead atoms. The Morgan fingerprint density at radius 2 is 2.08 bits per heavy atom. The van der Waals surface area contributed by atoms with Crippen LogP contribution in [0.15, 0.2) is 35.5 Å². The van der Waals surface area contributed by atoms with E-state index in [9.17, 15) is 4.79 Å². The Bertz CT molecular complexity index is 256. The van der Waals surface area contributed by atoms with Gasteiger partial charge in [0.15, 0.2) is 6.29 Å². The van der Waals surface area contributed by atoms with Gasteiger partial charge in [-0.3, -0.25) is 4.79 Å². The van der Waals surface area contributed by atoms with Gasteiger partial charge in [-0.25, -0.2) is 0 Å². The van der Waals surface area contributed by atoms with Crippen LogP contribution in [0.4, 0.5) is 0 Å².